The first-order valence-corrected chi connectivity index (χ1v) is 6.69. The van der Waals surface area contributed by atoms with Crippen LogP contribution in [0.15, 0.2) is 18.3 Å². The van der Waals surface area contributed by atoms with Crippen molar-refractivity contribution >= 4 is 5.69 Å². The summed E-state index contributed by atoms with van der Waals surface area (Å²) >= 11 is 0. The average molecular weight is 236 g/mol. The Morgan fingerprint density at radius 3 is 2.59 bits per heavy atom. The van der Waals surface area contributed by atoms with E-state index in [0.717, 1.165) is 12.2 Å². The van der Waals surface area contributed by atoms with Gasteiger partial charge in [0.2, 0.25) is 5.88 Å². The molecular formula is C14H24N2O. The van der Waals surface area contributed by atoms with Crippen LogP contribution in [0, 0.1) is 0 Å². The number of nitrogens with one attached hydrogen (secondary N) is 1. The summed E-state index contributed by atoms with van der Waals surface area (Å²) in [7, 11) is 0. The lowest BCUT2D eigenvalue weighted by molar-refractivity contribution is 0.327. The predicted octanol–water partition coefficient (Wildman–Crippen LogP) is 3.86. The molecule has 1 heterocycles. The zero-order valence-electron chi connectivity index (χ0n) is 11.0. The fraction of sp³-hybridized carbons (Fsp3) is 0.643. The maximum atomic E-state index is 5.29. The van der Waals surface area contributed by atoms with Crippen molar-refractivity contribution in [1.29, 1.82) is 0 Å². The first-order valence-electron chi connectivity index (χ1n) is 6.69. The van der Waals surface area contributed by atoms with Crippen LogP contribution in [0.25, 0.3) is 0 Å². The molecule has 0 saturated carbocycles. The van der Waals surface area contributed by atoms with Crippen LogP contribution in [0.3, 0.4) is 0 Å². The SMILES string of the molecule is CCCCCCCNc1ccc(OCC)nc1. The smallest absolute Gasteiger partial charge is 0.213 e. The van der Waals surface area contributed by atoms with Crippen molar-refractivity contribution < 1.29 is 4.74 Å². The summed E-state index contributed by atoms with van der Waals surface area (Å²) in [4.78, 5) is 4.21. The van der Waals surface area contributed by atoms with Gasteiger partial charge >= 0.3 is 0 Å². The largest absolute Gasteiger partial charge is 0.478 e. The lowest BCUT2D eigenvalue weighted by Gasteiger charge is -2.07. The highest BCUT2D eigenvalue weighted by molar-refractivity contribution is 5.41. The number of aromatic nitrogens is 1. The number of unbranched alkanes of at least 4 members (excludes halogenated alkanes) is 4. The molecule has 0 aliphatic carbocycles. The Morgan fingerprint density at radius 1 is 1.12 bits per heavy atom. The van der Waals surface area contributed by atoms with Gasteiger partial charge in [-0.25, -0.2) is 4.98 Å². The molecule has 0 amide bonds. The zero-order chi connectivity index (χ0) is 12.3. The van der Waals surface area contributed by atoms with Gasteiger partial charge in [-0.2, -0.15) is 0 Å². The minimum absolute atomic E-state index is 0.664. The van der Waals surface area contributed by atoms with Gasteiger partial charge < -0.3 is 10.1 Å². The molecule has 0 spiro atoms. The Balaban J connectivity index is 2.14. The summed E-state index contributed by atoms with van der Waals surface area (Å²) in [5.74, 6) is 0.695. The Hall–Kier alpha value is -1.25. The lowest BCUT2D eigenvalue weighted by atomic mass is 10.1. The van der Waals surface area contributed by atoms with E-state index in [-0.39, 0.29) is 0 Å². The van der Waals surface area contributed by atoms with Crippen LogP contribution >= 0.6 is 0 Å². The number of nitrogens with zero attached hydrogens (tertiary/aromatic N) is 1. The lowest BCUT2D eigenvalue weighted by Crippen LogP contribution is -2.02. The molecule has 3 nitrogen and oxygen atoms in total. The zero-order valence-corrected chi connectivity index (χ0v) is 11.0. The third-order valence-corrected chi connectivity index (χ3v) is 2.64. The van der Waals surface area contributed by atoms with E-state index in [2.05, 4.69) is 17.2 Å². The highest BCUT2D eigenvalue weighted by Gasteiger charge is 1.95. The molecule has 0 atom stereocenters. The number of rotatable bonds is 9. The van der Waals surface area contributed by atoms with E-state index in [9.17, 15) is 0 Å². The van der Waals surface area contributed by atoms with Gasteiger partial charge in [0.05, 0.1) is 18.5 Å². The van der Waals surface area contributed by atoms with E-state index >= 15 is 0 Å². The summed E-state index contributed by atoms with van der Waals surface area (Å²) in [5.41, 5.74) is 1.07. The van der Waals surface area contributed by atoms with Crippen LogP contribution in [-0.4, -0.2) is 18.1 Å². The predicted molar refractivity (Wildman–Crippen MR) is 72.7 cm³/mol. The molecule has 0 bridgehead atoms. The van der Waals surface area contributed by atoms with Crippen molar-refractivity contribution in [2.45, 2.75) is 46.0 Å². The van der Waals surface area contributed by atoms with E-state index in [4.69, 9.17) is 4.74 Å². The second-order valence-corrected chi connectivity index (χ2v) is 4.16. The highest BCUT2D eigenvalue weighted by Crippen LogP contribution is 2.11. The minimum atomic E-state index is 0.664. The normalized spacial score (nSPS) is 10.2. The molecule has 1 N–H and O–H groups in total. The van der Waals surface area contributed by atoms with Crippen LogP contribution in [0.2, 0.25) is 0 Å². The Morgan fingerprint density at radius 2 is 1.94 bits per heavy atom. The number of hydrogen-bond donors (Lipinski definition) is 1. The molecule has 0 aliphatic heterocycles. The van der Waals surface area contributed by atoms with Gasteiger partial charge in [0, 0.05) is 12.6 Å². The average Bonchev–Trinajstić information content (AvgIpc) is 2.36. The van der Waals surface area contributed by atoms with Gasteiger partial charge in [-0.15, -0.1) is 0 Å². The van der Waals surface area contributed by atoms with E-state index < -0.39 is 0 Å². The molecule has 96 valence electrons. The van der Waals surface area contributed by atoms with Crippen molar-refractivity contribution in [2.75, 3.05) is 18.5 Å². The maximum absolute atomic E-state index is 5.29. The van der Waals surface area contributed by atoms with E-state index in [1.165, 1.54) is 32.1 Å². The molecule has 0 radical (unpaired) electrons. The fourth-order valence-corrected chi connectivity index (χ4v) is 1.68. The summed E-state index contributed by atoms with van der Waals surface area (Å²) < 4.78 is 5.29. The highest BCUT2D eigenvalue weighted by atomic mass is 16.5. The van der Waals surface area contributed by atoms with Crippen LogP contribution in [0.5, 0.6) is 5.88 Å². The Bertz CT molecular complexity index is 285. The number of pyridine rings is 1. The van der Waals surface area contributed by atoms with Crippen molar-refractivity contribution in [3.8, 4) is 5.88 Å². The van der Waals surface area contributed by atoms with Gasteiger partial charge in [0.15, 0.2) is 0 Å². The first kappa shape index (κ1) is 13.8. The van der Waals surface area contributed by atoms with E-state index in [0.29, 0.717) is 12.5 Å². The summed E-state index contributed by atoms with van der Waals surface area (Å²) in [6, 6.07) is 3.92. The van der Waals surface area contributed by atoms with Gasteiger partial charge in [0.25, 0.3) is 0 Å². The summed E-state index contributed by atoms with van der Waals surface area (Å²) in [5, 5.41) is 3.37. The Kier molecular flexibility index (Phi) is 7.19. The van der Waals surface area contributed by atoms with Crippen LogP contribution < -0.4 is 10.1 Å². The quantitative estimate of drug-likeness (QED) is 0.661. The molecule has 0 aliphatic rings. The van der Waals surface area contributed by atoms with Crippen molar-refractivity contribution in [2.24, 2.45) is 0 Å². The molecule has 0 aromatic carbocycles. The topological polar surface area (TPSA) is 34.1 Å². The van der Waals surface area contributed by atoms with Crippen LogP contribution in [-0.2, 0) is 0 Å². The number of anilines is 1. The third-order valence-electron chi connectivity index (χ3n) is 2.64. The number of hydrogen-bond acceptors (Lipinski definition) is 3. The first-order chi connectivity index (χ1) is 8.36. The fourth-order valence-electron chi connectivity index (χ4n) is 1.68. The number of ether oxygens (including phenoxy) is 1. The second-order valence-electron chi connectivity index (χ2n) is 4.16. The van der Waals surface area contributed by atoms with Crippen molar-refractivity contribution in [1.82, 2.24) is 4.98 Å². The molecule has 1 aromatic rings. The second kappa shape index (κ2) is 8.85. The summed E-state index contributed by atoms with van der Waals surface area (Å²) in [6.07, 6.45) is 8.37. The summed E-state index contributed by atoms with van der Waals surface area (Å²) in [6.45, 7) is 5.89. The molecule has 0 fully saturated rings. The molecule has 0 unspecified atom stereocenters. The van der Waals surface area contributed by atoms with Crippen LogP contribution in [0.1, 0.15) is 46.0 Å². The molecule has 17 heavy (non-hydrogen) atoms. The van der Waals surface area contributed by atoms with Gasteiger partial charge in [-0.1, -0.05) is 32.6 Å². The minimum Gasteiger partial charge on any atom is -0.478 e. The standard InChI is InChI=1S/C14H24N2O/c1-3-5-6-7-8-11-15-13-9-10-14(16-12-13)17-4-2/h9-10,12,15H,3-8,11H2,1-2H3. The Labute approximate surface area is 105 Å². The third kappa shape index (κ3) is 6.15. The van der Waals surface area contributed by atoms with Crippen LogP contribution in [0.4, 0.5) is 5.69 Å². The van der Waals surface area contributed by atoms with Gasteiger partial charge in [-0.05, 0) is 19.4 Å². The van der Waals surface area contributed by atoms with Crippen molar-refractivity contribution in [3.05, 3.63) is 18.3 Å². The van der Waals surface area contributed by atoms with E-state index in [1.807, 2.05) is 25.3 Å². The maximum Gasteiger partial charge on any atom is 0.213 e. The molecule has 0 saturated heterocycles. The molecular weight excluding hydrogens is 212 g/mol. The molecule has 1 rings (SSSR count). The van der Waals surface area contributed by atoms with Gasteiger partial charge in [-0.3, -0.25) is 0 Å². The monoisotopic (exact) mass is 236 g/mol. The molecule has 3 heteroatoms. The van der Waals surface area contributed by atoms with Crippen molar-refractivity contribution in [3.63, 3.8) is 0 Å². The van der Waals surface area contributed by atoms with Gasteiger partial charge in [0.1, 0.15) is 0 Å². The molecule has 1 aromatic heterocycles. The van der Waals surface area contributed by atoms with E-state index in [1.54, 1.807) is 0 Å².